The third-order valence-electron chi connectivity index (χ3n) is 6.65. The Morgan fingerprint density at radius 2 is 1.72 bits per heavy atom. The first-order valence-electron chi connectivity index (χ1n) is 12.7. The van der Waals surface area contributed by atoms with Gasteiger partial charge in [0.15, 0.2) is 0 Å². The van der Waals surface area contributed by atoms with Crippen LogP contribution in [0.2, 0.25) is 0 Å². The summed E-state index contributed by atoms with van der Waals surface area (Å²) in [6.45, 7) is 2.98. The van der Waals surface area contributed by atoms with Crippen molar-refractivity contribution >= 4 is 34.6 Å². The largest absolute Gasteiger partial charge is 0.480 e. The number of aliphatic carboxylic acids is 1. The lowest BCUT2D eigenvalue weighted by Gasteiger charge is -2.28. The molecule has 2 heterocycles. The Labute approximate surface area is 225 Å². The number of fused-ring (bicyclic) bond motifs is 1. The van der Waals surface area contributed by atoms with Crippen LogP contribution in [0.1, 0.15) is 31.5 Å². The average molecular weight is 542 g/mol. The maximum atomic E-state index is 13.5. The van der Waals surface area contributed by atoms with Crippen LogP contribution < -0.4 is 21.7 Å². The lowest BCUT2D eigenvalue weighted by molar-refractivity contribution is -0.142. The van der Waals surface area contributed by atoms with Gasteiger partial charge in [-0.3, -0.25) is 14.4 Å². The zero-order chi connectivity index (χ0) is 28.5. The first-order chi connectivity index (χ1) is 18.6. The molecule has 0 spiro atoms. The topological polar surface area (TPSA) is 215 Å². The quantitative estimate of drug-likeness (QED) is 0.134. The fraction of sp³-hybridized carbons (Fsp3) is 0.423. The molecule has 5 atom stereocenters. The maximum Gasteiger partial charge on any atom is 0.326 e. The van der Waals surface area contributed by atoms with Gasteiger partial charge >= 0.3 is 5.97 Å². The molecule has 1 aromatic carbocycles. The number of hydrogen-bond donors (Lipinski definition) is 8. The van der Waals surface area contributed by atoms with E-state index in [2.05, 4.69) is 30.9 Å². The molecule has 0 saturated carbocycles. The molecule has 0 bridgehead atoms. The summed E-state index contributed by atoms with van der Waals surface area (Å²) in [4.78, 5) is 60.9. The summed E-state index contributed by atoms with van der Waals surface area (Å²) in [5.41, 5.74) is 7.78. The maximum absolute atomic E-state index is 13.5. The second-order valence-corrected chi connectivity index (χ2v) is 9.47. The van der Waals surface area contributed by atoms with Crippen LogP contribution in [0.4, 0.5) is 0 Å². The molecule has 0 radical (unpaired) electrons. The van der Waals surface area contributed by atoms with Crippen molar-refractivity contribution in [3.05, 3.63) is 54.2 Å². The number of H-pyrrole nitrogens is 2. The number of aromatic amines is 2. The Kier molecular flexibility index (Phi) is 10.2. The van der Waals surface area contributed by atoms with Crippen molar-refractivity contribution in [2.75, 3.05) is 6.61 Å². The predicted octanol–water partition coefficient (Wildman–Crippen LogP) is -0.419. The van der Waals surface area contributed by atoms with Crippen LogP contribution in [0.25, 0.3) is 10.9 Å². The minimum Gasteiger partial charge on any atom is -0.480 e. The number of hydrogen-bond acceptors (Lipinski definition) is 7. The molecule has 0 aliphatic rings. The van der Waals surface area contributed by atoms with Crippen LogP contribution in [-0.4, -0.2) is 79.6 Å². The SMILES string of the molecule is CCC(C)C(NC(=O)C(Cc1c[nH]c2ccccc12)NC(=O)C(N)CO)C(=O)NC(Cc1cnc[nH]1)C(=O)O. The molecule has 13 heteroatoms. The predicted molar refractivity (Wildman–Crippen MR) is 142 cm³/mol. The highest BCUT2D eigenvalue weighted by molar-refractivity contribution is 5.95. The summed E-state index contributed by atoms with van der Waals surface area (Å²) in [6.07, 6.45) is 5.15. The van der Waals surface area contributed by atoms with E-state index in [0.717, 1.165) is 16.5 Å². The normalized spacial score (nSPS) is 15.1. The lowest BCUT2D eigenvalue weighted by atomic mass is 9.96. The van der Waals surface area contributed by atoms with Crippen LogP contribution >= 0.6 is 0 Å². The molecule has 2 aromatic heterocycles. The first-order valence-corrected chi connectivity index (χ1v) is 12.7. The van der Waals surface area contributed by atoms with Crippen LogP contribution in [0.5, 0.6) is 0 Å². The number of carbonyl (C=O) groups excluding carboxylic acids is 3. The van der Waals surface area contributed by atoms with Gasteiger partial charge < -0.3 is 41.9 Å². The van der Waals surface area contributed by atoms with Crippen molar-refractivity contribution in [2.24, 2.45) is 11.7 Å². The summed E-state index contributed by atoms with van der Waals surface area (Å²) in [6, 6.07) is 2.75. The molecule has 5 unspecified atom stereocenters. The first kappa shape index (κ1) is 29.3. The molecular weight excluding hydrogens is 506 g/mol. The monoisotopic (exact) mass is 541 g/mol. The minimum absolute atomic E-state index is 0.0272. The van der Waals surface area contributed by atoms with Gasteiger partial charge in [0.25, 0.3) is 0 Å². The van der Waals surface area contributed by atoms with E-state index in [9.17, 15) is 29.4 Å². The second-order valence-electron chi connectivity index (χ2n) is 9.47. The number of nitrogens with two attached hydrogens (primary N) is 1. The van der Waals surface area contributed by atoms with E-state index in [0.29, 0.717) is 12.1 Å². The lowest BCUT2D eigenvalue weighted by Crippen LogP contribution is -2.59. The van der Waals surface area contributed by atoms with E-state index < -0.39 is 54.5 Å². The average Bonchev–Trinajstić information content (AvgIpc) is 3.59. The number of nitrogens with zero attached hydrogens (tertiary/aromatic N) is 1. The number of carboxylic acid groups (broad SMARTS) is 1. The highest BCUT2D eigenvalue weighted by Crippen LogP contribution is 2.19. The van der Waals surface area contributed by atoms with Crippen molar-refractivity contribution < 1.29 is 29.4 Å². The molecule has 210 valence electrons. The zero-order valence-corrected chi connectivity index (χ0v) is 21.8. The van der Waals surface area contributed by atoms with Gasteiger partial charge in [-0.1, -0.05) is 38.5 Å². The standard InChI is InChI=1S/C26H35N7O6/c1-3-14(2)22(25(37)32-21(26(38)39)9-16-11-28-13-30-16)33-24(36)20(31-23(35)18(27)12-34)8-15-10-29-19-7-5-4-6-17(15)19/h4-7,10-11,13-14,18,20-22,29,34H,3,8-9,12,27H2,1-2H3,(H,28,30)(H,31,35)(H,32,37)(H,33,36)(H,38,39). The molecule has 3 amide bonds. The van der Waals surface area contributed by atoms with E-state index in [1.807, 2.05) is 31.2 Å². The van der Waals surface area contributed by atoms with E-state index in [-0.39, 0.29) is 18.8 Å². The molecule has 13 nitrogen and oxygen atoms in total. The smallest absolute Gasteiger partial charge is 0.326 e. The van der Waals surface area contributed by atoms with Crippen LogP contribution in [-0.2, 0) is 32.0 Å². The van der Waals surface area contributed by atoms with Gasteiger partial charge in [0, 0.05) is 41.8 Å². The number of amides is 3. The number of rotatable bonds is 14. The van der Waals surface area contributed by atoms with Gasteiger partial charge in [-0.2, -0.15) is 0 Å². The van der Waals surface area contributed by atoms with Gasteiger partial charge in [0.05, 0.1) is 12.9 Å². The van der Waals surface area contributed by atoms with Crippen LogP contribution in [0.3, 0.4) is 0 Å². The molecule has 0 aliphatic heterocycles. The molecule has 3 aromatic rings. The molecule has 9 N–H and O–H groups in total. The van der Waals surface area contributed by atoms with E-state index in [1.165, 1.54) is 12.5 Å². The van der Waals surface area contributed by atoms with Gasteiger partial charge in [0.2, 0.25) is 17.7 Å². The van der Waals surface area contributed by atoms with Crippen LogP contribution in [0, 0.1) is 5.92 Å². The molecule has 0 saturated heterocycles. The fourth-order valence-electron chi connectivity index (χ4n) is 4.12. The van der Waals surface area contributed by atoms with Gasteiger partial charge in [0.1, 0.15) is 24.2 Å². The Balaban J connectivity index is 1.82. The number of aliphatic hydroxyl groups is 1. The third kappa shape index (κ3) is 7.65. The van der Waals surface area contributed by atoms with E-state index in [4.69, 9.17) is 5.73 Å². The Morgan fingerprint density at radius 3 is 2.36 bits per heavy atom. The number of benzene rings is 1. The number of carbonyl (C=O) groups is 4. The van der Waals surface area contributed by atoms with Crippen molar-refractivity contribution in [1.29, 1.82) is 0 Å². The van der Waals surface area contributed by atoms with Crippen molar-refractivity contribution in [3.63, 3.8) is 0 Å². The Hall–Kier alpha value is -4.23. The Bertz CT molecular complexity index is 1270. The van der Waals surface area contributed by atoms with Crippen LogP contribution in [0.15, 0.2) is 43.0 Å². The molecule has 39 heavy (non-hydrogen) atoms. The van der Waals surface area contributed by atoms with Crippen molar-refractivity contribution in [3.8, 4) is 0 Å². The highest BCUT2D eigenvalue weighted by atomic mass is 16.4. The second kappa shape index (κ2) is 13.5. The molecule has 0 fully saturated rings. The highest BCUT2D eigenvalue weighted by Gasteiger charge is 2.33. The molecule has 3 rings (SSSR count). The summed E-state index contributed by atoms with van der Waals surface area (Å²) < 4.78 is 0. The summed E-state index contributed by atoms with van der Waals surface area (Å²) in [5.74, 6) is -3.66. The number of aromatic nitrogens is 3. The van der Waals surface area contributed by atoms with Gasteiger partial charge in [-0.15, -0.1) is 0 Å². The number of nitrogens with one attached hydrogen (secondary N) is 5. The van der Waals surface area contributed by atoms with E-state index in [1.54, 1.807) is 13.1 Å². The number of carboxylic acids is 1. The van der Waals surface area contributed by atoms with Crippen molar-refractivity contribution in [2.45, 2.75) is 57.3 Å². The summed E-state index contributed by atoms with van der Waals surface area (Å²) >= 11 is 0. The van der Waals surface area contributed by atoms with Crippen molar-refractivity contribution in [1.82, 2.24) is 30.9 Å². The number of imidazole rings is 1. The molecular formula is C26H35N7O6. The summed E-state index contributed by atoms with van der Waals surface area (Å²) in [5, 5.41) is 27.6. The number of para-hydroxylation sites is 1. The number of aliphatic hydroxyl groups excluding tert-OH is 1. The summed E-state index contributed by atoms with van der Waals surface area (Å²) in [7, 11) is 0. The zero-order valence-electron chi connectivity index (χ0n) is 21.8. The van der Waals surface area contributed by atoms with Gasteiger partial charge in [-0.25, -0.2) is 9.78 Å². The Morgan fingerprint density at radius 1 is 1.00 bits per heavy atom. The third-order valence-corrected chi connectivity index (χ3v) is 6.65. The van der Waals surface area contributed by atoms with E-state index >= 15 is 0 Å². The molecule has 0 aliphatic carbocycles. The fourth-order valence-corrected chi connectivity index (χ4v) is 4.12. The minimum atomic E-state index is -1.26. The van der Waals surface area contributed by atoms with Gasteiger partial charge in [-0.05, 0) is 17.5 Å².